The van der Waals surface area contributed by atoms with Crippen molar-refractivity contribution in [2.24, 2.45) is 7.05 Å². The lowest BCUT2D eigenvalue weighted by molar-refractivity contribution is 0.367. The summed E-state index contributed by atoms with van der Waals surface area (Å²) in [6.07, 6.45) is 0. The van der Waals surface area contributed by atoms with Gasteiger partial charge in [0.1, 0.15) is 0 Å². The second-order valence-corrected chi connectivity index (χ2v) is 5.29. The minimum atomic E-state index is 0.342. The molecule has 0 aliphatic heterocycles. The molecule has 0 bridgehead atoms. The van der Waals surface area contributed by atoms with E-state index in [0.29, 0.717) is 6.04 Å². The first-order valence-corrected chi connectivity index (χ1v) is 6.84. The molecule has 0 unspecified atom stereocenters. The molecule has 0 fully saturated rings. The molecule has 0 saturated carbocycles. The molecule has 18 heavy (non-hydrogen) atoms. The summed E-state index contributed by atoms with van der Waals surface area (Å²) in [5.41, 5.74) is 2.14. The van der Waals surface area contributed by atoms with E-state index < -0.39 is 0 Å². The van der Waals surface area contributed by atoms with Gasteiger partial charge in [-0.15, -0.1) is 11.3 Å². The zero-order valence-corrected chi connectivity index (χ0v) is 12.0. The van der Waals surface area contributed by atoms with Crippen LogP contribution in [0.2, 0.25) is 0 Å². The Hall–Kier alpha value is -1.33. The van der Waals surface area contributed by atoms with Crippen LogP contribution in [0.5, 0.6) is 5.88 Å². The van der Waals surface area contributed by atoms with Gasteiger partial charge < -0.3 is 10.1 Å². The van der Waals surface area contributed by atoms with Crippen molar-refractivity contribution in [1.29, 1.82) is 0 Å². The first-order chi connectivity index (χ1) is 8.63. The molecule has 5 heteroatoms. The van der Waals surface area contributed by atoms with Crippen molar-refractivity contribution in [2.75, 3.05) is 7.11 Å². The van der Waals surface area contributed by atoms with Crippen LogP contribution in [0, 0.1) is 6.92 Å². The maximum absolute atomic E-state index is 5.38. The Balaban J connectivity index is 2.06. The fraction of sp³-hybridized carbons (Fsp3) is 0.462. The van der Waals surface area contributed by atoms with Crippen molar-refractivity contribution in [3.63, 3.8) is 0 Å². The summed E-state index contributed by atoms with van der Waals surface area (Å²) in [6.45, 7) is 4.95. The van der Waals surface area contributed by atoms with Gasteiger partial charge in [-0.1, -0.05) is 6.07 Å². The Morgan fingerprint density at radius 1 is 1.56 bits per heavy atom. The number of hydrogen-bond acceptors (Lipinski definition) is 4. The van der Waals surface area contributed by atoms with Crippen molar-refractivity contribution in [3.8, 4) is 5.88 Å². The standard InChI is InChI=1S/C13H19N3OS/c1-9-11(13(17-4)16(3)15-9)8-14-10(2)12-6-5-7-18-12/h5-7,10,14H,8H2,1-4H3/t10-/m1/s1. The largest absolute Gasteiger partial charge is 0.481 e. The Labute approximate surface area is 112 Å². The van der Waals surface area contributed by atoms with Crippen LogP contribution in [0.1, 0.15) is 29.1 Å². The molecule has 0 aliphatic rings. The third-order valence-electron chi connectivity index (χ3n) is 3.04. The molecule has 98 valence electrons. The van der Waals surface area contributed by atoms with E-state index in [-0.39, 0.29) is 0 Å². The summed E-state index contributed by atoms with van der Waals surface area (Å²) in [6, 6.07) is 4.57. The molecule has 0 radical (unpaired) electrons. The van der Waals surface area contributed by atoms with Crippen LogP contribution < -0.4 is 10.1 Å². The molecule has 2 rings (SSSR count). The monoisotopic (exact) mass is 265 g/mol. The molecule has 0 amide bonds. The fourth-order valence-corrected chi connectivity index (χ4v) is 2.79. The van der Waals surface area contributed by atoms with Gasteiger partial charge in [0.05, 0.1) is 18.4 Å². The lowest BCUT2D eigenvalue weighted by Crippen LogP contribution is -2.17. The van der Waals surface area contributed by atoms with Gasteiger partial charge in [-0.2, -0.15) is 5.10 Å². The highest BCUT2D eigenvalue weighted by atomic mass is 32.1. The number of ether oxygens (including phenoxy) is 1. The van der Waals surface area contributed by atoms with E-state index in [2.05, 4.69) is 34.9 Å². The predicted octanol–water partition coefficient (Wildman–Crippen LogP) is 2.65. The maximum atomic E-state index is 5.38. The summed E-state index contributed by atoms with van der Waals surface area (Å²) < 4.78 is 7.16. The minimum absolute atomic E-state index is 0.342. The first-order valence-electron chi connectivity index (χ1n) is 5.96. The number of aryl methyl sites for hydroxylation is 2. The second kappa shape index (κ2) is 5.54. The highest BCUT2D eigenvalue weighted by Crippen LogP contribution is 2.23. The quantitative estimate of drug-likeness (QED) is 0.903. The molecule has 2 aromatic heterocycles. The lowest BCUT2D eigenvalue weighted by atomic mass is 10.2. The average Bonchev–Trinajstić information content (AvgIpc) is 2.94. The van der Waals surface area contributed by atoms with Crippen molar-refractivity contribution in [3.05, 3.63) is 33.6 Å². The molecular formula is C13H19N3OS. The summed E-state index contributed by atoms with van der Waals surface area (Å²) in [4.78, 5) is 1.34. The summed E-state index contributed by atoms with van der Waals surface area (Å²) >= 11 is 1.77. The van der Waals surface area contributed by atoms with Crippen LogP contribution in [0.25, 0.3) is 0 Å². The summed E-state index contributed by atoms with van der Waals surface area (Å²) in [5, 5.41) is 9.98. The molecule has 4 nitrogen and oxygen atoms in total. The number of methoxy groups -OCH3 is 1. The van der Waals surface area contributed by atoms with E-state index in [1.54, 1.807) is 23.1 Å². The molecule has 0 aromatic carbocycles. The van der Waals surface area contributed by atoms with Gasteiger partial charge in [-0.25, -0.2) is 4.68 Å². The highest BCUT2D eigenvalue weighted by Gasteiger charge is 2.15. The average molecular weight is 265 g/mol. The highest BCUT2D eigenvalue weighted by molar-refractivity contribution is 7.10. The van der Waals surface area contributed by atoms with Crippen molar-refractivity contribution >= 4 is 11.3 Å². The van der Waals surface area contributed by atoms with Crippen LogP contribution in [0.4, 0.5) is 0 Å². The second-order valence-electron chi connectivity index (χ2n) is 4.31. The van der Waals surface area contributed by atoms with Crippen LogP contribution in [-0.2, 0) is 13.6 Å². The van der Waals surface area contributed by atoms with Crippen LogP contribution in [0.15, 0.2) is 17.5 Å². The van der Waals surface area contributed by atoms with Gasteiger partial charge in [0, 0.05) is 24.5 Å². The van der Waals surface area contributed by atoms with Gasteiger partial charge in [0.15, 0.2) is 0 Å². The van der Waals surface area contributed by atoms with Gasteiger partial charge in [-0.05, 0) is 25.3 Å². The Bertz CT molecular complexity index is 505. The maximum Gasteiger partial charge on any atom is 0.216 e. The predicted molar refractivity (Wildman–Crippen MR) is 74.1 cm³/mol. The van der Waals surface area contributed by atoms with Crippen molar-refractivity contribution in [1.82, 2.24) is 15.1 Å². The zero-order valence-electron chi connectivity index (χ0n) is 11.2. The summed E-state index contributed by atoms with van der Waals surface area (Å²) in [7, 11) is 3.58. The van der Waals surface area contributed by atoms with Crippen molar-refractivity contribution < 1.29 is 4.74 Å². The SMILES string of the molecule is COc1c(CN[C@H](C)c2cccs2)c(C)nn1C. The number of nitrogens with zero attached hydrogens (tertiary/aromatic N) is 2. The van der Waals surface area contributed by atoms with Crippen LogP contribution >= 0.6 is 11.3 Å². The Morgan fingerprint density at radius 2 is 2.33 bits per heavy atom. The molecular weight excluding hydrogens is 246 g/mol. The molecule has 1 N–H and O–H groups in total. The van der Waals surface area contributed by atoms with Gasteiger partial charge in [-0.3, -0.25) is 0 Å². The lowest BCUT2D eigenvalue weighted by Gasteiger charge is -2.12. The molecule has 2 heterocycles. The number of nitrogens with one attached hydrogen (secondary N) is 1. The number of rotatable bonds is 5. The van der Waals surface area contributed by atoms with Crippen LogP contribution in [0.3, 0.4) is 0 Å². The fourth-order valence-electron chi connectivity index (χ4n) is 2.03. The smallest absolute Gasteiger partial charge is 0.216 e. The summed E-state index contributed by atoms with van der Waals surface area (Å²) in [5.74, 6) is 0.832. The van der Waals surface area contributed by atoms with Gasteiger partial charge in [0.2, 0.25) is 5.88 Å². The third kappa shape index (κ3) is 2.57. The van der Waals surface area contributed by atoms with E-state index in [0.717, 1.165) is 23.7 Å². The van der Waals surface area contributed by atoms with E-state index in [1.807, 2.05) is 14.0 Å². The normalized spacial score (nSPS) is 12.7. The zero-order chi connectivity index (χ0) is 13.1. The van der Waals surface area contributed by atoms with E-state index >= 15 is 0 Å². The van der Waals surface area contributed by atoms with Gasteiger partial charge >= 0.3 is 0 Å². The molecule has 2 aromatic rings. The topological polar surface area (TPSA) is 39.1 Å². The van der Waals surface area contributed by atoms with E-state index in [1.165, 1.54) is 4.88 Å². The van der Waals surface area contributed by atoms with Crippen LogP contribution in [-0.4, -0.2) is 16.9 Å². The van der Waals surface area contributed by atoms with Crippen molar-refractivity contribution in [2.45, 2.75) is 26.4 Å². The third-order valence-corrected chi connectivity index (χ3v) is 4.09. The Kier molecular flexibility index (Phi) is 4.04. The molecule has 1 atom stereocenters. The van der Waals surface area contributed by atoms with E-state index in [4.69, 9.17) is 4.74 Å². The molecule has 0 spiro atoms. The number of hydrogen-bond donors (Lipinski definition) is 1. The molecule has 0 aliphatic carbocycles. The van der Waals surface area contributed by atoms with Gasteiger partial charge in [0.25, 0.3) is 0 Å². The first kappa shape index (κ1) is 13.1. The Morgan fingerprint density at radius 3 is 2.94 bits per heavy atom. The minimum Gasteiger partial charge on any atom is -0.481 e. The number of aromatic nitrogens is 2. The van der Waals surface area contributed by atoms with E-state index in [9.17, 15) is 0 Å². The number of thiophene rings is 1. The molecule has 0 saturated heterocycles.